The van der Waals surface area contributed by atoms with Crippen LogP contribution in [-0.4, -0.2) is 49.3 Å². The van der Waals surface area contributed by atoms with Crippen LogP contribution in [-0.2, 0) is 0 Å². The molecule has 2 N–H and O–H groups in total. The van der Waals surface area contributed by atoms with Gasteiger partial charge in [0.1, 0.15) is 0 Å². The van der Waals surface area contributed by atoms with Gasteiger partial charge in [-0.05, 0) is 32.4 Å². The maximum Gasteiger partial charge on any atom is 0.321 e. The average molecular weight is 279 g/mol. The highest BCUT2D eigenvalue weighted by Gasteiger charge is 2.12. The van der Waals surface area contributed by atoms with Crippen molar-refractivity contribution in [1.29, 1.82) is 0 Å². The van der Waals surface area contributed by atoms with Gasteiger partial charge in [-0.3, -0.25) is 0 Å². The molecule has 0 fully saturated rings. The van der Waals surface area contributed by atoms with E-state index in [2.05, 4.69) is 17.1 Å². The summed E-state index contributed by atoms with van der Waals surface area (Å²) in [6.07, 6.45) is 0.171. The van der Waals surface area contributed by atoms with E-state index in [-0.39, 0.29) is 6.03 Å². The number of carbonyl (C=O) groups excluding carboxylic acids is 1. The van der Waals surface area contributed by atoms with Gasteiger partial charge in [0.05, 0.1) is 17.5 Å². The smallest absolute Gasteiger partial charge is 0.321 e. The first-order valence-electron chi connectivity index (χ1n) is 6.96. The molecule has 0 spiro atoms. The van der Waals surface area contributed by atoms with Gasteiger partial charge < -0.3 is 20.2 Å². The molecule has 0 saturated heterocycles. The molecule has 0 saturated carbocycles. The van der Waals surface area contributed by atoms with E-state index in [4.69, 9.17) is 0 Å². The van der Waals surface area contributed by atoms with Crippen LogP contribution in [0.25, 0.3) is 0 Å². The van der Waals surface area contributed by atoms with Gasteiger partial charge in [0.25, 0.3) is 0 Å². The van der Waals surface area contributed by atoms with Crippen LogP contribution in [0.15, 0.2) is 24.3 Å². The van der Waals surface area contributed by atoms with Crippen molar-refractivity contribution in [3.8, 4) is 0 Å². The summed E-state index contributed by atoms with van der Waals surface area (Å²) in [5.74, 6) is 0. The Morgan fingerprint density at radius 3 is 2.60 bits per heavy atom. The van der Waals surface area contributed by atoms with E-state index in [0.29, 0.717) is 13.0 Å². The quantitative estimate of drug-likeness (QED) is 0.840. The summed E-state index contributed by atoms with van der Waals surface area (Å²) >= 11 is 0. The Morgan fingerprint density at radius 2 is 2.00 bits per heavy atom. The molecule has 0 aromatic heterocycles. The summed E-state index contributed by atoms with van der Waals surface area (Å²) in [4.78, 5) is 15.8. The van der Waals surface area contributed by atoms with Crippen molar-refractivity contribution in [2.45, 2.75) is 26.4 Å². The molecule has 5 nitrogen and oxygen atoms in total. The SMILES string of the molecule is CCN(C)c1ccccc1NC(=O)N(C)CC[C@@H](C)O. The number of aliphatic hydroxyl groups excluding tert-OH is 1. The van der Waals surface area contributed by atoms with Crippen LogP contribution < -0.4 is 10.2 Å². The number of amides is 2. The molecule has 1 atom stereocenters. The van der Waals surface area contributed by atoms with Crippen LogP contribution in [0.3, 0.4) is 0 Å². The van der Waals surface area contributed by atoms with Gasteiger partial charge >= 0.3 is 6.03 Å². The van der Waals surface area contributed by atoms with E-state index >= 15 is 0 Å². The first-order valence-corrected chi connectivity index (χ1v) is 6.96. The first-order chi connectivity index (χ1) is 9.45. The Labute approximate surface area is 121 Å². The maximum atomic E-state index is 12.1. The monoisotopic (exact) mass is 279 g/mol. The van der Waals surface area contributed by atoms with E-state index in [1.54, 1.807) is 18.9 Å². The summed E-state index contributed by atoms with van der Waals surface area (Å²) in [5, 5.41) is 12.2. The number of para-hydroxylation sites is 2. The molecule has 0 radical (unpaired) electrons. The number of nitrogens with one attached hydrogen (secondary N) is 1. The van der Waals surface area contributed by atoms with E-state index < -0.39 is 6.10 Å². The molecule has 20 heavy (non-hydrogen) atoms. The Kier molecular flexibility index (Phi) is 6.31. The Hall–Kier alpha value is -1.75. The lowest BCUT2D eigenvalue weighted by Gasteiger charge is -2.23. The molecule has 1 rings (SSSR count). The van der Waals surface area contributed by atoms with Crippen LogP contribution in [0, 0.1) is 0 Å². The van der Waals surface area contributed by atoms with Crippen molar-refractivity contribution in [3.05, 3.63) is 24.3 Å². The third kappa shape index (κ3) is 4.74. The lowest BCUT2D eigenvalue weighted by Crippen LogP contribution is -2.33. The van der Waals surface area contributed by atoms with Crippen LogP contribution >= 0.6 is 0 Å². The molecular weight excluding hydrogens is 254 g/mol. The zero-order valence-electron chi connectivity index (χ0n) is 12.8. The molecule has 0 unspecified atom stereocenters. The number of rotatable bonds is 6. The molecular formula is C15H25N3O2. The van der Waals surface area contributed by atoms with Gasteiger partial charge in [-0.15, -0.1) is 0 Å². The number of urea groups is 1. The predicted molar refractivity (Wildman–Crippen MR) is 83.3 cm³/mol. The van der Waals surface area contributed by atoms with Crippen molar-refractivity contribution in [2.75, 3.05) is 37.4 Å². The van der Waals surface area contributed by atoms with Gasteiger partial charge in [0, 0.05) is 27.2 Å². The van der Waals surface area contributed by atoms with Crippen LogP contribution in [0.4, 0.5) is 16.2 Å². The predicted octanol–water partition coefficient (Wildman–Crippen LogP) is 2.38. The summed E-state index contributed by atoms with van der Waals surface area (Å²) in [6.45, 7) is 5.17. The van der Waals surface area contributed by atoms with E-state index in [1.165, 1.54) is 0 Å². The third-order valence-corrected chi connectivity index (χ3v) is 3.26. The molecule has 0 bridgehead atoms. The topological polar surface area (TPSA) is 55.8 Å². The molecule has 1 aromatic rings. The molecule has 0 aliphatic heterocycles. The highest BCUT2D eigenvalue weighted by molar-refractivity contribution is 5.93. The van der Waals surface area contributed by atoms with Gasteiger partial charge in [-0.25, -0.2) is 4.79 Å². The Bertz CT molecular complexity index is 435. The summed E-state index contributed by atoms with van der Waals surface area (Å²) in [6, 6.07) is 7.56. The highest BCUT2D eigenvalue weighted by atomic mass is 16.3. The zero-order chi connectivity index (χ0) is 15.1. The largest absolute Gasteiger partial charge is 0.393 e. The minimum Gasteiger partial charge on any atom is -0.393 e. The zero-order valence-corrected chi connectivity index (χ0v) is 12.8. The lowest BCUT2D eigenvalue weighted by molar-refractivity contribution is 0.167. The number of nitrogens with zero attached hydrogens (tertiary/aromatic N) is 2. The van der Waals surface area contributed by atoms with Crippen LogP contribution in [0.2, 0.25) is 0 Å². The van der Waals surface area contributed by atoms with E-state index in [1.807, 2.05) is 31.3 Å². The first kappa shape index (κ1) is 16.3. The molecule has 0 aliphatic rings. The number of aliphatic hydroxyl groups is 1. The lowest BCUT2D eigenvalue weighted by atomic mass is 10.2. The van der Waals surface area contributed by atoms with Gasteiger partial charge in [-0.1, -0.05) is 12.1 Å². The second-order valence-electron chi connectivity index (χ2n) is 5.02. The normalized spacial score (nSPS) is 11.8. The van der Waals surface area contributed by atoms with Gasteiger partial charge in [-0.2, -0.15) is 0 Å². The number of benzene rings is 1. The Balaban J connectivity index is 2.70. The average Bonchev–Trinajstić information content (AvgIpc) is 2.44. The van der Waals surface area contributed by atoms with Crippen molar-refractivity contribution < 1.29 is 9.90 Å². The molecule has 2 amide bonds. The second kappa shape index (κ2) is 7.75. The van der Waals surface area contributed by atoms with Crippen molar-refractivity contribution >= 4 is 17.4 Å². The summed E-state index contributed by atoms with van der Waals surface area (Å²) < 4.78 is 0. The number of anilines is 2. The molecule has 112 valence electrons. The maximum absolute atomic E-state index is 12.1. The fourth-order valence-corrected chi connectivity index (χ4v) is 1.78. The molecule has 1 aromatic carbocycles. The summed E-state index contributed by atoms with van der Waals surface area (Å²) in [7, 11) is 3.71. The van der Waals surface area contributed by atoms with E-state index in [9.17, 15) is 9.90 Å². The second-order valence-corrected chi connectivity index (χ2v) is 5.02. The number of carbonyl (C=O) groups is 1. The standard InChI is InChI=1S/C15H25N3O2/c1-5-17(3)14-9-7-6-8-13(14)16-15(20)18(4)11-10-12(2)19/h6-9,12,19H,5,10-11H2,1-4H3,(H,16,20)/t12-/m1/s1. The molecule has 0 aliphatic carbocycles. The molecule has 5 heteroatoms. The number of hydrogen-bond donors (Lipinski definition) is 2. The van der Waals surface area contributed by atoms with Crippen molar-refractivity contribution in [3.63, 3.8) is 0 Å². The van der Waals surface area contributed by atoms with Crippen LogP contribution in [0.5, 0.6) is 0 Å². The molecule has 0 heterocycles. The minimum atomic E-state index is -0.399. The van der Waals surface area contributed by atoms with Crippen molar-refractivity contribution in [1.82, 2.24) is 4.90 Å². The number of hydrogen-bond acceptors (Lipinski definition) is 3. The van der Waals surface area contributed by atoms with Gasteiger partial charge in [0.15, 0.2) is 0 Å². The van der Waals surface area contributed by atoms with Crippen LogP contribution in [0.1, 0.15) is 20.3 Å². The minimum absolute atomic E-state index is 0.164. The highest BCUT2D eigenvalue weighted by Crippen LogP contribution is 2.24. The Morgan fingerprint density at radius 1 is 1.35 bits per heavy atom. The summed E-state index contributed by atoms with van der Waals surface area (Å²) in [5.41, 5.74) is 1.79. The van der Waals surface area contributed by atoms with Gasteiger partial charge in [0.2, 0.25) is 0 Å². The third-order valence-electron chi connectivity index (χ3n) is 3.26. The fraction of sp³-hybridized carbons (Fsp3) is 0.533. The van der Waals surface area contributed by atoms with Crippen molar-refractivity contribution in [2.24, 2.45) is 0 Å². The van der Waals surface area contributed by atoms with E-state index in [0.717, 1.165) is 17.9 Å². The fourth-order valence-electron chi connectivity index (χ4n) is 1.78.